The van der Waals surface area contributed by atoms with Crippen LogP contribution in [-0.4, -0.2) is 23.8 Å². The Kier molecular flexibility index (Phi) is 7.45. The highest BCUT2D eigenvalue weighted by Crippen LogP contribution is 2.39. The molecular formula is C23H25ClN2O3S. The van der Waals surface area contributed by atoms with E-state index in [2.05, 4.69) is 10.3 Å². The van der Waals surface area contributed by atoms with Crippen LogP contribution in [0, 0.1) is 6.92 Å². The van der Waals surface area contributed by atoms with Crippen LogP contribution >= 0.6 is 23.4 Å². The molecule has 1 aliphatic heterocycles. The van der Waals surface area contributed by atoms with Gasteiger partial charge in [-0.15, -0.1) is 0 Å². The lowest BCUT2D eigenvalue weighted by molar-refractivity contribution is -0.115. The number of amidine groups is 1. The zero-order chi connectivity index (χ0) is 21.7. The fourth-order valence-corrected chi connectivity index (χ4v) is 3.81. The smallest absolute Gasteiger partial charge is 0.264 e. The highest BCUT2D eigenvalue weighted by molar-refractivity contribution is 8.18. The topological polar surface area (TPSA) is 59.9 Å². The Balaban J connectivity index is 1.86. The molecule has 7 heteroatoms. The van der Waals surface area contributed by atoms with Crippen molar-refractivity contribution in [2.45, 2.75) is 40.2 Å². The first kappa shape index (κ1) is 22.2. The van der Waals surface area contributed by atoms with Gasteiger partial charge in [0.25, 0.3) is 5.91 Å². The Morgan fingerprint density at radius 1 is 1.23 bits per heavy atom. The second kappa shape index (κ2) is 10.0. The van der Waals surface area contributed by atoms with Crippen molar-refractivity contribution in [3.63, 3.8) is 0 Å². The van der Waals surface area contributed by atoms with Crippen LogP contribution in [0.15, 0.2) is 46.3 Å². The molecule has 0 aromatic heterocycles. The van der Waals surface area contributed by atoms with Crippen molar-refractivity contribution < 1.29 is 14.3 Å². The second-order valence-electron chi connectivity index (χ2n) is 6.92. The minimum atomic E-state index is -0.195. The number of halogens is 1. The van der Waals surface area contributed by atoms with Crippen molar-refractivity contribution in [2.24, 2.45) is 4.99 Å². The molecule has 1 amide bonds. The molecule has 158 valence electrons. The minimum Gasteiger partial charge on any atom is -0.490 e. The van der Waals surface area contributed by atoms with E-state index in [0.717, 1.165) is 23.2 Å². The van der Waals surface area contributed by atoms with Crippen LogP contribution in [0.4, 0.5) is 5.69 Å². The zero-order valence-electron chi connectivity index (χ0n) is 17.5. The predicted octanol–water partition coefficient (Wildman–Crippen LogP) is 6.12. The first-order valence-corrected chi connectivity index (χ1v) is 11.1. The van der Waals surface area contributed by atoms with E-state index in [-0.39, 0.29) is 12.0 Å². The van der Waals surface area contributed by atoms with E-state index in [9.17, 15) is 4.79 Å². The van der Waals surface area contributed by atoms with Gasteiger partial charge in [-0.3, -0.25) is 4.79 Å². The van der Waals surface area contributed by atoms with Gasteiger partial charge in [-0.25, -0.2) is 4.99 Å². The van der Waals surface area contributed by atoms with Crippen LogP contribution in [0.3, 0.4) is 0 Å². The zero-order valence-corrected chi connectivity index (χ0v) is 19.1. The largest absolute Gasteiger partial charge is 0.490 e. The summed E-state index contributed by atoms with van der Waals surface area (Å²) in [5.74, 6) is 0.897. The summed E-state index contributed by atoms with van der Waals surface area (Å²) in [5, 5.41) is 3.80. The molecular weight excluding hydrogens is 420 g/mol. The fourth-order valence-electron chi connectivity index (χ4n) is 2.70. The number of amides is 1. The number of thioether (sulfide) groups is 1. The average molecular weight is 445 g/mol. The number of nitrogens with zero attached hydrogens (tertiary/aromatic N) is 1. The molecule has 0 aliphatic carbocycles. The van der Waals surface area contributed by atoms with Crippen LogP contribution < -0.4 is 14.8 Å². The standard InChI is InChI=1S/C23H25ClN2O3S/c1-5-15(4)29-21-18(24)11-16(12-19(21)28-6-2)13-20-22(27)26-23(30-20)25-17-9-7-14(3)8-10-17/h7-13,15H,5-6H2,1-4H3,(H,25,26,27)/b20-13+/t15-/m1/s1. The van der Waals surface area contributed by atoms with Gasteiger partial charge in [0.05, 0.1) is 28.3 Å². The third-order valence-corrected chi connectivity index (χ3v) is 5.63. The highest BCUT2D eigenvalue weighted by Gasteiger charge is 2.24. The predicted molar refractivity (Wildman–Crippen MR) is 125 cm³/mol. The van der Waals surface area contributed by atoms with Crippen LogP contribution in [0.5, 0.6) is 11.5 Å². The summed E-state index contributed by atoms with van der Waals surface area (Å²) in [6.07, 6.45) is 2.65. The summed E-state index contributed by atoms with van der Waals surface area (Å²) < 4.78 is 11.7. The van der Waals surface area contributed by atoms with E-state index in [1.54, 1.807) is 12.1 Å². The summed E-state index contributed by atoms with van der Waals surface area (Å²) >= 11 is 7.77. The molecule has 0 saturated carbocycles. The van der Waals surface area contributed by atoms with Gasteiger partial charge in [0, 0.05) is 0 Å². The number of carbonyl (C=O) groups is 1. The SMILES string of the molecule is CCOc1cc(/C=C2/SC(=Nc3ccc(C)cc3)NC2=O)cc(Cl)c1O[C@H](C)CC. The number of nitrogens with one attached hydrogen (secondary N) is 1. The number of hydrogen-bond donors (Lipinski definition) is 1. The van der Waals surface area contributed by atoms with Crippen molar-refractivity contribution in [3.05, 3.63) is 57.5 Å². The van der Waals surface area contributed by atoms with Crippen molar-refractivity contribution in [2.75, 3.05) is 6.61 Å². The van der Waals surface area contributed by atoms with E-state index in [1.165, 1.54) is 11.8 Å². The van der Waals surface area contributed by atoms with Gasteiger partial charge in [0.15, 0.2) is 16.7 Å². The number of aryl methyl sites for hydroxylation is 1. The van der Waals surface area contributed by atoms with E-state index in [4.69, 9.17) is 21.1 Å². The number of carbonyl (C=O) groups excluding carboxylic acids is 1. The lowest BCUT2D eigenvalue weighted by Gasteiger charge is -2.18. The van der Waals surface area contributed by atoms with Crippen LogP contribution in [0.1, 0.15) is 38.3 Å². The van der Waals surface area contributed by atoms with Crippen LogP contribution in [0.25, 0.3) is 6.08 Å². The van der Waals surface area contributed by atoms with Crippen molar-refractivity contribution >= 4 is 46.2 Å². The quantitative estimate of drug-likeness (QED) is 0.523. The summed E-state index contributed by atoms with van der Waals surface area (Å²) in [5.41, 5.74) is 2.71. The third kappa shape index (κ3) is 5.58. The summed E-state index contributed by atoms with van der Waals surface area (Å²) in [6, 6.07) is 11.4. The molecule has 1 aliphatic rings. The summed E-state index contributed by atoms with van der Waals surface area (Å²) in [6.45, 7) is 8.43. The molecule has 0 radical (unpaired) electrons. The van der Waals surface area contributed by atoms with Gasteiger partial charge in [0.2, 0.25) is 0 Å². The number of benzene rings is 2. The van der Waals surface area contributed by atoms with E-state index < -0.39 is 0 Å². The maximum absolute atomic E-state index is 12.4. The molecule has 5 nitrogen and oxygen atoms in total. The Labute approximate surface area is 186 Å². The molecule has 2 aromatic carbocycles. The Morgan fingerprint density at radius 2 is 1.97 bits per heavy atom. The van der Waals surface area contributed by atoms with Crippen LogP contribution in [0.2, 0.25) is 5.02 Å². The summed E-state index contributed by atoms with van der Waals surface area (Å²) in [7, 11) is 0. The molecule has 2 aromatic rings. The third-order valence-electron chi connectivity index (χ3n) is 4.44. The Morgan fingerprint density at radius 3 is 2.63 bits per heavy atom. The lowest BCUT2D eigenvalue weighted by Crippen LogP contribution is -2.19. The van der Waals surface area contributed by atoms with Crippen molar-refractivity contribution in [3.8, 4) is 11.5 Å². The normalized spacial score (nSPS) is 17.3. The van der Waals surface area contributed by atoms with Crippen LogP contribution in [-0.2, 0) is 4.79 Å². The maximum atomic E-state index is 12.4. The van der Waals surface area contributed by atoms with Gasteiger partial charge in [-0.1, -0.05) is 36.2 Å². The van der Waals surface area contributed by atoms with Crippen molar-refractivity contribution in [1.29, 1.82) is 0 Å². The van der Waals surface area contributed by atoms with Gasteiger partial charge in [-0.05, 0) is 74.9 Å². The second-order valence-corrected chi connectivity index (χ2v) is 8.35. The number of rotatable bonds is 7. The number of ether oxygens (including phenoxy) is 2. The molecule has 1 fully saturated rings. The van der Waals surface area contributed by atoms with Gasteiger partial charge >= 0.3 is 0 Å². The lowest BCUT2D eigenvalue weighted by atomic mass is 10.1. The fraction of sp³-hybridized carbons (Fsp3) is 0.304. The average Bonchev–Trinajstić information content (AvgIpc) is 3.05. The first-order valence-electron chi connectivity index (χ1n) is 9.88. The molecule has 30 heavy (non-hydrogen) atoms. The number of hydrogen-bond acceptors (Lipinski definition) is 5. The van der Waals surface area contributed by atoms with Gasteiger partial charge < -0.3 is 14.8 Å². The molecule has 1 saturated heterocycles. The highest BCUT2D eigenvalue weighted by atomic mass is 35.5. The van der Waals surface area contributed by atoms with Gasteiger partial charge in [0.1, 0.15) is 0 Å². The summed E-state index contributed by atoms with van der Waals surface area (Å²) in [4.78, 5) is 17.4. The molecule has 0 unspecified atom stereocenters. The van der Waals surface area contributed by atoms with E-state index >= 15 is 0 Å². The molecule has 1 N–H and O–H groups in total. The monoisotopic (exact) mass is 444 g/mol. The maximum Gasteiger partial charge on any atom is 0.264 e. The number of aliphatic imine (C=N–C) groups is 1. The van der Waals surface area contributed by atoms with E-state index in [0.29, 0.717) is 33.2 Å². The Hall–Kier alpha value is -2.44. The van der Waals surface area contributed by atoms with E-state index in [1.807, 2.05) is 58.0 Å². The minimum absolute atomic E-state index is 0.0163. The molecule has 1 atom stereocenters. The molecule has 0 spiro atoms. The Bertz CT molecular complexity index is 987. The first-order chi connectivity index (χ1) is 14.4. The molecule has 1 heterocycles. The van der Waals surface area contributed by atoms with Gasteiger partial charge in [-0.2, -0.15) is 0 Å². The van der Waals surface area contributed by atoms with Crippen molar-refractivity contribution in [1.82, 2.24) is 5.32 Å². The molecule has 3 rings (SSSR count). The molecule has 0 bridgehead atoms.